The number of nitriles is 2. The summed E-state index contributed by atoms with van der Waals surface area (Å²) >= 11 is 3.26. The molecule has 0 aliphatic rings. The standard InChI is InChI=1S/C13H7BrN4/c14-11-5-10(7-16)13(17-8-11)18-12-4-2-1-3-9(12)6-15/h1-5,8H,(H,17,18). The molecular weight excluding hydrogens is 292 g/mol. The van der Waals surface area contributed by atoms with Crippen molar-refractivity contribution >= 4 is 27.4 Å². The molecule has 86 valence electrons. The molecule has 0 fully saturated rings. The molecule has 0 bridgehead atoms. The fourth-order valence-electron chi connectivity index (χ4n) is 1.44. The number of para-hydroxylation sites is 1. The maximum absolute atomic E-state index is 9.03. The summed E-state index contributed by atoms with van der Waals surface area (Å²) in [5, 5.41) is 21.0. The Hall–Kier alpha value is -2.37. The molecule has 18 heavy (non-hydrogen) atoms. The van der Waals surface area contributed by atoms with Crippen molar-refractivity contribution in [3.05, 3.63) is 52.1 Å². The quantitative estimate of drug-likeness (QED) is 0.923. The average molecular weight is 299 g/mol. The van der Waals surface area contributed by atoms with Crippen LogP contribution in [0.15, 0.2) is 41.0 Å². The third kappa shape index (κ3) is 2.48. The Morgan fingerprint density at radius 1 is 1.11 bits per heavy atom. The maximum atomic E-state index is 9.03. The first-order valence-corrected chi connectivity index (χ1v) is 5.85. The molecule has 2 rings (SSSR count). The fourth-order valence-corrected chi connectivity index (χ4v) is 1.77. The molecule has 0 amide bonds. The zero-order chi connectivity index (χ0) is 13.0. The second-order valence-electron chi connectivity index (χ2n) is 3.44. The van der Waals surface area contributed by atoms with Crippen molar-refractivity contribution in [2.45, 2.75) is 0 Å². The number of aromatic nitrogens is 1. The van der Waals surface area contributed by atoms with Gasteiger partial charge in [-0.1, -0.05) is 12.1 Å². The number of nitrogens with zero attached hydrogens (tertiary/aromatic N) is 3. The molecule has 0 atom stereocenters. The van der Waals surface area contributed by atoms with Crippen LogP contribution in [0.5, 0.6) is 0 Å². The van der Waals surface area contributed by atoms with Gasteiger partial charge in [-0.05, 0) is 34.1 Å². The molecule has 5 heteroatoms. The van der Waals surface area contributed by atoms with Crippen LogP contribution >= 0.6 is 15.9 Å². The first-order chi connectivity index (χ1) is 8.74. The molecular formula is C13H7BrN4. The summed E-state index contributed by atoms with van der Waals surface area (Å²) in [5.74, 6) is 0.434. The molecule has 0 saturated carbocycles. The van der Waals surface area contributed by atoms with E-state index in [4.69, 9.17) is 10.5 Å². The van der Waals surface area contributed by atoms with Gasteiger partial charge in [-0.25, -0.2) is 4.98 Å². The Kier molecular flexibility index (Phi) is 3.57. The van der Waals surface area contributed by atoms with Crippen LogP contribution < -0.4 is 5.32 Å². The monoisotopic (exact) mass is 298 g/mol. The number of halogens is 1. The molecule has 1 aromatic carbocycles. The molecule has 1 heterocycles. The summed E-state index contributed by atoms with van der Waals surface area (Å²) in [6.45, 7) is 0. The lowest BCUT2D eigenvalue weighted by molar-refractivity contribution is 1.27. The molecule has 1 N–H and O–H groups in total. The van der Waals surface area contributed by atoms with Crippen LogP contribution in [0.25, 0.3) is 0 Å². The number of rotatable bonds is 2. The van der Waals surface area contributed by atoms with E-state index in [1.807, 2.05) is 6.07 Å². The van der Waals surface area contributed by atoms with Gasteiger partial charge < -0.3 is 5.32 Å². The van der Waals surface area contributed by atoms with E-state index in [1.54, 1.807) is 30.5 Å². The first-order valence-electron chi connectivity index (χ1n) is 5.06. The van der Waals surface area contributed by atoms with Crippen molar-refractivity contribution in [1.82, 2.24) is 4.98 Å². The zero-order valence-electron chi connectivity index (χ0n) is 9.18. The summed E-state index contributed by atoms with van der Waals surface area (Å²) in [5.41, 5.74) is 1.55. The maximum Gasteiger partial charge on any atom is 0.148 e. The average Bonchev–Trinajstić information content (AvgIpc) is 2.41. The minimum atomic E-state index is 0.414. The number of pyridine rings is 1. The number of hydrogen-bond donors (Lipinski definition) is 1. The van der Waals surface area contributed by atoms with E-state index in [0.717, 1.165) is 4.47 Å². The molecule has 4 nitrogen and oxygen atoms in total. The number of benzene rings is 1. The number of anilines is 2. The molecule has 0 radical (unpaired) electrons. The van der Waals surface area contributed by atoms with Crippen LogP contribution in [0.3, 0.4) is 0 Å². The zero-order valence-corrected chi connectivity index (χ0v) is 10.8. The highest BCUT2D eigenvalue weighted by Gasteiger charge is 2.07. The van der Waals surface area contributed by atoms with Crippen molar-refractivity contribution in [3.8, 4) is 12.1 Å². The summed E-state index contributed by atoms with van der Waals surface area (Å²) < 4.78 is 0.734. The van der Waals surface area contributed by atoms with Crippen LogP contribution in [0.1, 0.15) is 11.1 Å². The van der Waals surface area contributed by atoms with E-state index in [1.165, 1.54) is 0 Å². The van der Waals surface area contributed by atoms with E-state index in [0.29, 0.717) is 22.6 Å². The fraction of sp³-hybridized carbons (Fsp3) is 0. The lowest BCUT2D eigenvalue weighted by atomic mass is 10.2. The Bertz CT molecular complexity index is 667. The topological polar surface area (TPSA) is 72.5 Å². The smallest absolute Gasteiger partial charge is 0.148 e. The van der Waals surface area contributed by atoms with Crippen molar-refractivity contribution in [2.24, 2.45) is 0 Å². The van der Waals surface area contributed by atoms with Crippen molar-refractivity contribution in [1.29, 1.82) is 10.5 Å². The van der Waals surface area contributed by atoms with Crippen LogP contribution in [0.2, 0.25) is 0 Å². The van der Waals surface area contributed by atoms with Gasteiger partial charge in [0.05, 0.1) is 16.8 Å². The molecule has 1 aromatic heterocycles. The SMILES string of the molecule is N#Cc1ccccc1Nc1ncc(Br)cc1C#N. The molecule has 0 spiro atoms. The Morgan fingerprint density at radius 2 is 1.83 bits per heavy atom. The predicted molar refractivity (Wildman–Crippen MR) is 71.1 cm³/mol. The van der Waals surface area contributed by atoms with E-state index < -0.39 is 0 Å². The normalized spacial score (nSPS) is 9.28. The highest BCUT2D eigenvalue weighted by Crippen LogP contribution is 2.23. The third-order valence-electron chi connectivity index (χ3n) is 2.28. The Morgan fingerprint density at radius 3 is 2.56 bits per heavy atom. The summed E-state index contributed by atoms with van der Waals surface area (Å²) in [4.78, 5) is 4.13. The van der Waals surface area contributed by atoms with Crippen molar-refractivity contribution in [3.63, 3.8) is 0 Å². The minimum Gasteiger partial charge on any atom is -0.338 e. The molecule has 0 unspecified atom stereocenters. The highest BCUT2D eigenvalue weighted by atomic mass is 79.9. The Labute approximate surface area is 113 Å². The largest absolute Gasteiger partial charge is 0.338 e. The summed E-state index contributed by atoms with van der Waals surface area (Å²) in [6, 6.07) is 12.9. The van der Waals surface area contributed by atoms with Crippen molar-refractivity contribution in [2.75, 3.05) is 5.32 Å². The van der Waals surface area contributed by atoms with Gasteiger partial charge in [0, 0.05) is 10.7 Å². The number of nitrogens with one attached hydrogen (secondary N) is 1. The molecule has 0 aliphatic carbocycles. The summed E-state index contributed by atoms with van der Waals surface area (Å²) in [6.07, 6.45) is 1.60. The van der Waals surface area contributed by atoms with Crippen molar-refractivity contribution < 1.29 is 0 Å². The van der Waals surface area contributed by atoms with E-state index in [2.05, 4.69) is 38.4 Å². The van der Waals surface area contributed by atoms with Gasteiger partial charge in [0.15, 0.2) is 0 Å². The van der Waals surface area contributed by atoms with Gasteiger partial charge in [-0.15, -0.1) is 0 Å². The van der Waals surface area contributed by atoms with Gasteiger partial charge in [0.25, 0.3) is 0 Å². The second kappa shape index (κ2) is 5.31. The minimum absolute atomic E-state index is 0.414. The van der Waals surface area contributed by atoms with Crippen LogP contribution in [-0.2, 0) is 0 Å². The van der Waals surface area contributed by atoms with E-state index in [9.17, 15) is 0 Å². The van der Waals surface area contributed by atoms with E-state index >= 15 is 0 Å². The summed E-state index contributed by atoms with van der Waals surface area (Å²) in [7, 11) is 0. The van der Waals surface area contributed by atoms with Crippen LogP contribution in [-0.4, -0.2) is 4.98 Å². The van der Waals surface area contributed by atoms with Crippen LogP contribution in [0, 0.1) is 22.7 Å². The third-order valence-corrected chi connectivity index (χ3v) is 2.71. The molecule has 0 saturated heterocycles. The van der Waals surface area contributed by atoms with Crippen LogP contribution in [0.4, 0.5) is 11.5 Å². The van der Waals surface area contributed by atoms with E-state index in [-0.39, 0.29) is 0 Å². The highest BCUT2D eigenvalue weighted by molar-refractivity contribution is 9.10. The Balaban J connectivity index is 2.41. The second-order valence-corrected chi connectivity index (χ2v) is 4.36. The van der Waals surface area contributed by atoms with Gasteiger partial charge in [-0.3, -0.25) is 0 Å². The predicted octanol–water partition coefficient (Wildman–Crippen LogP) is 3.33. The van der Waals surface area contributed by atoms with Gasteiger partial charge in [0.2, 0.25) is 0 Å². The number of hydrogen-bond acceptors (Lipinski definition) is 4. The molecule has 0 aliphatic heterocycles. The molecule has 2 aromatic rings. The first kappa shape index (κ1) is 12.1. The van der Waals surface area contributed by atoms with Gasteiger partial charge in [0.1, 0.15) is 18.0 Å². The van der Waals surface area contributed by atoms with Gasteiger partial charge in [-0.2, -0.15) is 10.5 Å². The lowest BCUT2D eigenvalue weighted by Crippen LogP contribution is -1.98. The lowest BCUT2D eigenvalue weighted by Gasteiger charge is -2.08. The van der Waals surface area contributed by atoms with Gasteiger partial charge >= 0.3 is 0 Å².